The number of likely N-dealkylation sites (N-methyl/N-ethyl adjacent to an activating group) is 1. The van der Waals surface area contributed by atoms with Gasteiger partial charge in [-0.05, 0) is 74.1 Å². The van der Waals surface area contributed by atoms with Gasteiger partial charge in [0.25, 0.3) is 5.91 Å². The van der Waals surface area contributed by atoms with Gasteiger partial charge in [0.05, 0.1) is 28.8 Å². The largest absolute Gasteiger partial charge is 0.578 e. The molecule has 2 aromatic carbocycles. The molecule has 2 fully saturated rings. The molecule has 0 unspecified atom stereocenters. The minimum Gasteiger partial charge on any atom is -0.578 e. The molecule has 2 aliphatic rings. The lowest BCUT2D eigenvalue weighted by Gasteiger charge is -2.48. The number of nitrogens with one attached hydrogen (secondary N) is 4. The van der Waals surface area contributed by atoms with Gasteiger partial charge in [0.15, 0.2) is 0 Å². The van der Waals surface area contributed by atoms with E-state index in [0.717, 1.165) is 52.6 Å². The molecule has 8 rings (SSSR count). The highest BCUT2D eigenvalue weighted by Crippen LogP contribution is 2.50. The second-order valence-corrected chi connectivity index (χ2v) is 17.3. The molecule has 0 spiro atoms. The number of carbonyl (C=O) groups excluding carboxylic acids is 3. The number of rotatable bonds is 17. The van der Waals surface area contributed by atoms with Crippen molar-refractivity contribution >= 4 is 47.2 Å². The van der Waals surface area contributed by atoms with Crippen LogP contribution < -0.4 is 22.1 Å². The summed E-state index contributed by atoms with van der Waals surface area (Å²) in [6.07, 6.45) is 16.8. The van der Waals surface area contributed by atoms with Crippen LogP contribution in [0, 0.1) is 16.7 Å². The monoisotopic (exact) mass is 919 g/mol. The highest BCUT2D eigenvalue weighted by molar-refractivity contribution is 6.09. The third kappa shape index (κ3) is 9.84. The van der Waals surface area contributed by atoms with Crippen molar-refractivity contribution in [3.8, 4) is 22.3 Å². The SMILES string of the molecule is CCN(CC)C(=O)Cn1cc(C(=O)NC(=N)C2(c3ccc(-c4cnc(N)nc4)cc3)CC(CCNC(=O)Cn3cc(C([OH2+])=NC(=N)C4(c5ccc(-c6cnc(N)nc6)cc5)CCC4)cn3)C2)cn1. The van der Waals surface area contributed by atoms with Crippen LogP contribution in [0.25, 0.3) is 22.3 Å². The lowest BCUT2D eigenvalue weighted by molar-refractivity contribution is -0.131. The van der Waals surface area contributed by atoms with E-state index in [-0.39, 0.29) is 65.9 Å². The van der Waals surface area contributed by atoms with Gasteiger partial charge in [-0.2, -0.15) is 10.2 Å². The van der Waals surface area contributed by atoms with Crippen LogP contribution in [0.1, 0.15) is 79.4 Å². The molecular weight excluding hydrogens is 865 g/mol. The van der Waals surface area contributed by atoms with E-state index in [0.29, 0.717) is 44.5 Å². The molecule has 3 amide bonds. The van der Waals surface area contributed by atoms with E-state index in [1.807, 2.05) is 62.4 Å². The Morgan fingerprint density at radius 2 is 1.26 bits per heavy atom. The molecule has 0 bridgehead atoms. The molecule has 0 aliphatic heterocycles. The number of anilines is 2. The summed E-state index contributed by atoms with van der Waals surface area (Å²) in [6, 6.07) is 15.6. The molecule has 0 atom stereocenters. The highest BCUT2D eigenvalue weighted by Gasteiger charge is 2.49. The summed E-state index contributed by atoms with van der Waals surface area (Å²) in [7, 11) is 0. The molecule has 10 N–H and O–H groups in total. The van der Waals surface area contributed by atoms with Crippen molar-refractivity contribution in [2.45, 2.75) is 76.3 Å². The van der Waals surface area contributed by atoms with Crippen molar-refractivity contribution in [3.05, 3.63) is 120 Å². The van der Waals surface area contributed by atoms with Gasteiger partial charge < -0.3 is 32.1 Å². The fourth-order valence-electron chi connectivity index (χ4n) is 9.01. The average Bonchev–Trinajstić information content (AvgIpc) is 3.98. The number of nitrogens with zero attached hydrogens (tertiary/aromatic N) is 10. The van der Waals surface area contributed by atoms with Crippen LogP contribution in [0.15, 0.2) is 103 Å². The zero-order valence-corrected chi connectivity index (χ0v) is 37.9. The van der Waals surface area contributed by atoms with Gasteiger partial charge in [0.1, 0.15) is 30.3 Å². The topological polar surface area (TPSA) is 301 Å². The Morgan fingerprint density at radius 3 is 1.79 bits per heavy atom. The van der Waals surface area contributed by atoms with E-state index in [2.05, 4.69) is 45.8 Å². The zero-order valence-electron chi connectivity index (χ0n) is 37.9. The van der Waals surface area contributed by atoms with Crippen molar-refractivity contribution in [1.82, 2.24) is 55.0 Å². The summed E-state index contributed by atoms with van der Waals surface area (Å²) in [6.45, 7) is 5.25. The molecule has 20 nitrogen and oxygen atoms in total. The second kappa shape index (κ2) is 19.7. The third-order valence-corrected chi connectivity index (χ3v) is 13.2. The molecule has 4 aromatic heterocycles. The summed E-state index contributed by atoms with van der Waals surface area (Å²) in [5, 5.41) is 41.3. The van der Waals surface area contributed by atoms with Crippen LogP contribution in [0.2, 0.25) is 0 Å². The molecule has 2 saturated carbocycles. The maximum absolute atomic E-state index is 13.5. The number of benzene rings is 2. The normalized spacial score (nSPS) is 17.3. The number of amidine groups is 2. The van der Waals surface area contributed by atoms with Gasteiger partial charge in [-0.15, -0.1) is 4.99 Å². The van der Waals surface area contributed by atoms with Crippen LogP contribution in [-0.2, 0) is 33.5 Å². The first-order valence-electron chi connectivity index (χ1n) is 22.6. The van der Waals surface area contributed by atoms with Gasteiger partial charge in [0.2, 0.25) is 23.7 Å². The Hall–Kier alpha value is -8.16. The molecule has 0 saturated heterocycles. The maximum atomic E-state index is 13.5. The lowest BCUT2D eigenvalue weighted by atomic mass is 9.57. The Balaban J connectivity index is 0.864. The van der Waals surface area contributed by atoms with Crippen molar-refractivity contribution in [2.24, 2.45) is 10.9 Å². The predicted molar refractivity (Wildman–Crippen MR) is 257 cm³/mol. The lowest BCUT2D eigenvalue weighted by Crippen LogP contribution is -2.54. The molecule has 2 aliphatic carbocycles. The van der Waals surface area contributed by atoms with E-state index in [1.165, 1.54) is 28.0 Å². The fraction of sp³-hybridized carbons (Fsp3) is 0.333. The molecule has 4 heterocycles. The first kappa shape index (κ1) is 46.4. The van der Waals surface area contributed by atoms with Crippen LogP contribution in [0.5, 0.6) is 0 Å². The van der Waals surface area contributed by atoms with Gasteiger partial charge in [0, 0.05) is 67.9 Å². The summed E-state index contributed by atoms with van der Waals surface area (Å²) >= 11 is 0. The zero-order chi connectivity index (χ0) is 48.0. The summed E-state index contributed by atoms with van der Waals surface area (Å²) in [5.74, 6) is -0.302. The predicted octanol–water partition coefficient (Wildman–Crippen LogP) is 3.86. The number of nitrogen functional groups attached to an aromatic ring is 2. The molecule has 6 aromatic rings. The number of hydrogen-bond acceptors (Lipinski definition) is 13. The molecular formula is C48H55N16O4+. The minimum atomic E-state index is -0.802. The Kier molecular flexibility index (Phi) is 13.5. The molecule has 0 radical (unpaired) electrons. The van der Waals surface area contributed by atoms with Crippen LogP contribution in [0.4, 0.5) is 11.9 Å². The standard InChI is InChI=1S/C48H54N16O4/c1-3-62(4-2)40(66)29-64-27-36(25-59-64)42(68)61-44(50)48(38-12-8-32(9-13-38)34-22-56-46(52)57-23-34)18-30(19-48)14-17-53-39(65)28-63-26-35(24-58-63)41(67)60-43(49)47(15-5-16-47)37-10-6-31(7-11-37)33-20-54-45(51)55-21-33/h6-13,20-27,30H,3-5,14-19,28-29H2,1-2H3,(H,53,65)(H2,49,60,67)(H2,50,61,68)(H2,51,54,55)(H2,52,56,57)/p+1. The van der Waals surface area contributed by atoms with Gasteiger partial charge in [-0.1, -0.05) is 55.0 Å². The van der Waals surface area contributed by atoms with E-state index in [4.69, 9.17) is 22.0 Å². The first-order chi connectivity index (χ1) is 32.8. The number of aromatic nitrogens is 8. The van der Waals surface area contributed by atoms with E-state index in [9.17, 15) is 19.8 Å². The van der Waals surface area contributed by atoms with Crippen molar-refractivity contribution < 1.29 is 19.5 Å². The summed E-state index contributed by atoms with van der Waals surface area (Å²) in [5.41, 5.74) is 15.8. The minimum absolute atomic E-state index is 0.00112. The number of amides is 3. The molecule has 20 heteroatoms. The quantitative estimate of drug-likeness (QED) is 0.0434. The number of aliphatic imine (C=N–C) groups is 1. The first-order valence-corrected chi connectivity index (χ1v) is 22.6. The van der Waals surface area contributed by atoms with E-state index < -0.39 is 16.7 Å². The Bertz CT molecular complexity index is 2820. The van der Waals surface area contributed by atoms with E-state index >= 15 is 0 Å². The number of nitrogens with two attached hydrogens (primary N) is 2. The Labute approximate surface area is 392 Å². The number of carbonyl (C=O) groups is 3. The second-order valence-electron chi connectivity index (χ2n) is 17.3. The molecule has 350 valence electrons. The molecule has 68 heavy (non-hydrogen) atoms. The number of hydrogen-bond donors (Lipinski definition) is 6. The highest BCUT2D eigenvalue weighted by atomic mass is 16.3. The fourth-order valence-corrected chi connectivity index (χ4v) is 9.01. The summed E-state index contributed by atoms with van der Waals surface area (Å²) < 4.78 is 2.87. The smallest absolute Gasteiger partial charge is 0.369 e. The third-order valence-electron chi connectivity index (χ3n) is 13.2. The van der Waals surface area contributed by atoms with Crippen LogP contribution in [0.3, 0.4) is 0 Å². The van der Waals surface area contributed by atoms with Gasteiger partial charge in [-0.25, -0.2) is 19.9 Å². The Morgan fingerprint density at radius 1 is 0.750 bits per heavy atom. The summed E-state index contributed by atoms with van der Waals surface area (Å²) in [4.78, 5) is 61.7. The van der Waals surface area contributed by atoms with Gasteiger partial charge >= 0.3 is 5.90 Å². The van der Waals surface area contributed by atoms with Crippen molar-refractivity contribution in [2.75, 3.05) is 31.1 Å². The average molecular weight is 920 g/mol. The van der Waals surface area contributed by atoms with Crippen molar-refractivity contribution in [3.63, 3.8) is 0 Å². The van der Waals surface area contributed by atoms with E-state index in [1.54, 1.807) is 35.9 Å². The van der Waals surface area contributed by atoms with Crippen LogP contribution in [-0.4, -0.2) is 104 Å². The van der Waals surface area contributed by atoms with Gasteiger partial charge in [-0.3, -0.25) is 34.6 Å². The van der Waals surface area contributed by atoms with Crippen LogP contribution >= 0.6 is 0 Å². The van der Waals surface area contributed by atoms with Crippen molar-refractivity contribution in [1.29, 1.82) is 10.8 Å². The maximum Gasteiger partial charge on any atom is 0.369 e.